The molecule has 3 heteroatoms. The predicted molar refractivity (Wildman–Crippen MR) is 90.3 cm³/mol. The molecule has 22 heavy (non-hydrogen) atoms. The summed E-state index contributed by atoms with van der Waals surface area (Å²) < 4.78 is 5.81. The highest BCUT2D eigenvalue weighted by Crippen LogP contribution is 2.16. The first-order valence-electron chi connectivity index (χ1n) is 7.33. The largest absolute Gasteiger partial charge is 0.489 e. The normalized spacial score (nSPS) is 13.9. The van der Waals surface area contributed by atoms with Gasteiger partial charge >= 0.3 is 0 Å². The third-order valence-corrected chi connectivity index (χ3v) is 3.73. The molecule has 1 aliphatic rings. The van der Waals surface area contributed by atoms with Crippen molar-refractivity contribution in [2.75, 3.05) is 6.54 Å². The Morgan fingerprint density at radius 3 is 2.55 bits per heavy atom. The molecule has 2 aromatic rings. The SMILES string of the molecule is Clc1cccc(CN2C=CC(OCc3ccccc3)=CC2)c1. The quantitative estimate of drug-likeness (QED) is 0.788. The van der Waals surface area contributed by atoms with Gasteiger partial charge in [-0.2, -0.15) is 0 Å². The van der Waals surface area contributed by atoms with Gasteiger partial charge in [0.15, 0.2) is 0 Å². The summed E-state index contributed by atoms with van der Waals surface area (Å²) in [5.74, 6) is 0.922. The van der Waals surface area contributed by atoms with Crippen LogP contribution in [0.3, 0.4) is 0 Å². The summed E-state index contributed by atoms with van der Waals surface area (Å²) in [7, 11) is 0. The summed E-state index contributed by atoms with van der Waals surface area (Å²) in [6.45, 7) is 2.29. The topological polar surface area (TPSA) is 12.5 Å². The van der Waals surface area contributed by atoms with Crippen LogP contribution in [0.1, 0.15) is 11.1 Å². The Morgan fingerprint density at radius 1 is 1.00 bits per heavy atom. The van der Waals surface area contributed by atoms with Crippen molar-refractivity contribution in [2.24, 2.45) is 0 Å². The molecule has 3 rings (SSSR count). The highest BCUT2D eigenvalue weighted by atomic mass is 35.5. The van der Waals surface area contributed by atoms with Crippen molar-refractivity contribution in [3.8, 4) is 0 Å². The average Bonchev–Trinajstić information content (AvgIpc) is 2.55. The standard InChI is InChI=1S/C19H18ClNO/c20-18-8-4-7-17(13-18)14-21-11-9-19(10-12-21)22-15-16-5-2-1-3-6-16/h1-11,13H,12,14-15H2. The van der Waals surface area contributed by atoms with Gasteiger partial charge in [-0.3, -0.25) is 0 Å². The second-order valence-corrected chi connectivity index (χ2v) is 5.69. The second-order valence-electron chi connectivity index (χ2n) is 5.26. The van der Waals surface area contributed by atoms with Gasteiger partial charge in [0.25, 0.3) is 0 Å². The van der Waals surface area contributed by atoms with E-state index in [-0.39, 0.29) is 0 Å². The molecule has 0 radical (unpaired) electrons. The van der Waals surface area contributed by atoms with Crippen LogP contribution in [0, 0.1) is 0 Å². The Labute approximate surface area is 136 Å². The highest BCUT2D eigenvalue weighted by Gasteiger charge is 2.07. The Bertz CT molecular complexity index is 679. The molecule has 0 saturated carbocycles. The Balaban J connectivity index is 1.51. The molecule has 0 aromatic heterocycles. The molecule has 0 saturated heterocycles. The second kappa shape index (κ2) is 7.19. The smallest absolute Gasteiger partial charge is 0.119 e. The van der Waals surface area contributed by atoms with Gasteiger partial charge in [-0.15, -0.1) is 0 Å². The summed E-state index contributed by atoms with van der Waals surface area (Å²) in [4.78, 5) is 2.22. The van der Waals surface area contributed by atoms with E-state index in [0.29, 0.717) is 6.61 Å². The molecular weight excluding hydrogens is 294 g/mol. The van der Waals surface area contributed by atoms with Crippen molar-refractivity contribution in [3.63, 3.8) is 0 Å². The first-order chi connectivity index (χ1) is 10.8. The molecule has 0 fully saturated rings. The summed E-state index contributed by atoms with van der Waals surface area (Å²) in [5.41, 5.74) is 2.39. The van der Waals surface area contributed by atoms with Crippen LogP contribution in [0.5, 0.6) is 0 Å². The van der Waals surface area contributed by atoms with E-state index < -0.39 is 0 Å². The molecule has 0 amide bonds. The van der Waals surface area contributed by atoms with Gasteiger partial charge < -0.3 is 9.64 Å². The zero-order chi connectivity index (χ0) is 15.2. The molecule has 0 unspecified atom stereocenters. The van der Waals surface area contributed by atoms with Gasteiger partial charge in [0.2, 0.25) is 0 Å². The van der Waals surface area contributed by atoms with E-state index in [1.54, 1.807) is 0 Å². The maximum atomic E-state index is 6.02. The Kier molecular flexibility index (Phi) is 4.81. The van der Waals surface area contributed by atoms with Crippen LogP contribution in [-0.4, -0.2) is 11.4 Å². The average molecular weight is 312 g/mol. The minimum Gasteiger partial charge on any atom is -0.489 e. The highest BCUT2D eigenvalue weighted by molar-refractivity contribution is 6.30. The third kappa shape index (κ3) is 4.15. The zero-order valence-electron chi connectivity index (χ0n) is 12.3. The van der Waals surface area contributed by atoms with E-state index in [0.717, 1.165) is 23.9 Å². The van der Waals surface area contributed by atoms with E-state index in [9.17, 15) is 0 Å². The summed E-state index contributed by atoms with van der Waals surface area (Å²) in [6, 6.07) is 18.2. The molecule has 1 aliphatic heterocycles. The minimum absolute atomic E-state index is 0.602. The van der Waals surface area contributed by atoms with Gasteiger partial charge in [-0.25, -0.2) is 0 Å². The minimum atomic E-state index is 0.602. The van der Waals surface area contributed by atoms with Crippen LogP contribution < -0.4 is 0 Å². The van der Waals surface area contributed by atoms with Crippen LogP contribution in [-0.2, 0) is 17.9 Å². The van der Waals surface area contributed by atoms with Crippen LogP contribution in [0.25, 0.3) is 0 Å². The van der Waals surface area contributed by atoms with E-state index in [1.807, 2.05) is 42.5 Å². The molecule has 1 heterocycles. The number of hydrogen-bond donors (Lipinski definition) is 0. The predicted octanol–water partition coefficient (Wildman–Crippen LogP) is 4.77. The first-order valence-corrected chi connectivity index (χ1v) is 7.71. The number of rotatable bonds is 5. The maximum Gasteiger partial charge on any atom is 0.119 e. The number of allylic oxidation sites excluding steroid dienone is 1. The fourth-order valence-corrected chi connectivity index (χ4v) is 2.56. The van der Waals surface area contributed by atoms with Crippen molar-refractivity contribution < 1.29 is 4.74 Å². The van der Waals surface area contributed by atoms with Crippen molar-refractivity contribution in [3.05, 3.63) is 94.9 Å². The number of nitrogens with zero attached hydrogens (tertiary/aromatic N) is 1. The number of halogens is 1. The lowest BCUT2D eigenvalue weighted by Gasteiger charge is -2.23. The van der Waals surface area contributed by atoms with Gasteiger partial charge in [-0.05, 0) is 35.4 Å². The van der Waals surface area contributed by atoms with E-state index >= 15 is 0 Å². The molecule has 0 bridgehead atoms. The monoisotopic (exact) mass is 311 g/mol. The maximum absolute atomic E-state index is 6.02. The first kappa shape index (κ1) is 14.7. The van der Waals surface area contributed by atoms with Crippen molar-refractivity contribution in [1.82, 2.24) is 4.90 Å². The van der Waals surface area contributed by atoms with Crippen LogP contribution in [0.15, 0.2) is 78.7 Å². The van der Waals surface area contributed by atoms with Crippen LogP contribution in [0.4, 0.5) is 0 Å². The van der Waals surface area contributed by atoms with Gasteiger partial charge in [-0.1, -0.05) is 54.1 Å². The van der Waals surface area contributed by atoms with Crippen molar-refractivity contribution in [1.29, 1.82) is 0 Å². The van der Waals surface area contributed by atoms with E-state index in [1.165, 1.54) is 11.1 Å². The Hall–Kier alpha value is -2.19. The lowest BCUT2D eigenvalue weighted by Crippen LogP contribution is -2.19. The van der Waals surface area contributed by atoms with E-state index in [2.05, 4.69) is 35.4 Å². The number of benzene rings is 2. The van der Waals surface area contributed by atoms with E-state index in [4.69, 9.17) is 16.3 Å². The zero-order valence-corrected chi connectivity index (χ0v) is 13.0. The lowest BCUT2D eigenvalue weighted by atomic mass is 10.2. The van der Waals surface area contributed by atoms with Crippen molar-refractivity contribution in [2.45, 2.75) is 13.2 Å². The number of hydrogen-bond acceptors (Lipinski definition) is 2. The third-order valence-electron chi connectivity index (χ3n) is 3.50. The van der Waals surface area contributed by atoms with Gasteiger partial charge in [0, 0.05) is 24.3 Å². The molecule has 0 atom stereocenters. The molecule has 0 aliphatic carbocycles. The Morgan fingerprint density at radius 2 is 1.82 bits per heavy atom. The molecule has 2 nitrogen and oxygen atoms in total. The summed E-state index contributed by atoms with van der Waals surface area (Å²) >= 11 is 6.02. The van der Waals surface area contributed by atoms with Crippen molar-refractivity contribution >= 4 is 11.6 Å². The van der Waals surface area contributed by atoms with Crippen LogP contribution >= 0.6 is 11.6 Å². The summed E-state index contributed by atoms with van der Waals surface area (Å²) in [5, 5.41) is 0.779. The van der Waals surface area contributed by atoms with Gasteiger partial charge in [0.1, 0.15) is 12.4 Å². The molecule has 0 spiro atoms. The molecule has 112 valence electrons. The molecular formula is C19H18ClNO. The fourth-order valence-electron chi connectivity index (χ4n) is 2.35. The summed E-state index contributed by atoms with van der Waals surface area (Å²) in [6.07, 6.45) is 6.19. The van der Waals surface area contributed by atoms with Gasteiger partial charge in [0.05, 0.1) is 0 Å². The molecule has 0 N–H and O–H groups in total. The number of ether oxygens (including phenoxy) is 1. The van der Waals surface area contributed by atoms with Crippen LogP contribution in [0.2, 0.25) is 5.02 Å². The lowest BCUT2D eigenvalue weighted by molar-refractivity contribution is 0.204. The molecule has 2 aromatic carbocycles. The fraction of sp³-hybridized carbons (Fsp3) is 0.158.